The number of ether oxygens (including phenoxy) is 1. The third-order valence-corrected chi connectivity index (χ3v) is 0.944. The van der Waals surface area contributed by atoms with Gasteiger partial charge in [0.15, 0.2) is 0 Å². The monoisotopic (exact) mass is 112 g/mol. The first-order valence-electron chi connectivity index (χ1n) is 2.69. The van der Waals surface area contributed by atoms with Gasteiger partial charge in [0.1, 0.15) is 0 Å². The molecule has 0 aromatic carbocycles. The summed E-state index contributed by atoms with van der Waals surface area (Å²) in [5.74, 6) is -0.109. The van der Waals surface area contributed by atoms with E-state index in [2.05, 4.69) is 4.74 Å². The molecule has 0 spiro atoms. The van der Waals surface area contributed by atoms with Crippen LogP contribution in [0.15, 0.2) is 12.2 Å². The lowest BCUT2D eigenvalue weighted by Crippen LogP contribution is -2.06. The molecule has 0 N–H and O–H groups in total. The molecular formula is C6H8O2. The molecule has 1 aliphatic carbocycles. The van der Waals surface area contributed by atoms with Gasteiger partial charge in [0.05, 0.1) is 12.5 Å². The van der Waals surface area contributed by atoms with Crippen LogP contribution in [-0.4, -0.2) is 12.6 Å². The average Bonchev–Trinajstić information content (AvgIpc) is 2.45. The molecule has 1 rings (SSSR count). The zero-order valence-corrected chi connectivity index (χ0v) is 4.76. The van der Waals surface area contributed by atoms with E-state index in [1.54, 1.807) is 6.92 Å². The molecule has 0 saturated heterocycles. The first-order valence-corrected chi connectivity index (χ1v) is 2.69. The Morgan fingerprint density at radius 1 is 1.75 bits per heavy atom. The molecule has 0 saturated carbocycles. The average molecular weight is 112 g/mol. The molecule has 0 atom stereocenters. The maximum Gasteiger partial charge on any atom is 0.316 e. The van der Waals surface area contributed by atoms with Crippen molar-refractivity contribution in [3.63, 3.8) is 0 Å². The number of hydrogen-bond acceptors (Lipinski definition) is 2. The van der Waals surface area contributed by atoms with Gasteiger partial charge in [-0.1, -0.05) is 12.2 Å². The SMILES string of the molecule is CCOC(=O)C1C=C1. The molecule has 0 fully saturated rings. The van der Waals surface area contributed by atoms with Crippen molar-refractivity contribution in [1.29, 1.82) is 0 Å². The van der Waals surface area contributed by atoms with Crippen molar-refractivity contribution in [1.82, 2.24) is 0 Å². The molecule has 0 aromatic heterocycles. The number of carbonyl (C=O) groups excluding carboxylic acids is 1. The van der Waals surface area contributed by atoms with E-state index in [-0.39, 0.29) is 11.9 Å². The molecule has 0 unspecified atom stereocenters. The molecule has 0 bridgehead atoms. The van der Waals surface area contributed by atoms with Gasteiger partial charge in [-0.05, 0) is 6.92 Å². The summed E-state index contributed by atoms with van der Waals surface area (Å²) in [6, 6.07) is 0. The van der Waals surface area contributed by atoms with Crippen LogP contribution in [0, 0.1) is 5.92 Å². The van der Waals surface area contributed by atoms with Gasteiger partial charge in [0.2, 0.25) is 0 Å². The van der Waals surface area contributed by atoms with E-state index in [1.807, 2.05) is 12.2 Å². The zero-order valence-electron chi connectivity index (χ0n) is 4.76. The Morgan fingerprint density at radius 3 is 2.75 bits per heavy atom. The number of carbonyl (C=O) groups is 1. The summed E-state index contributed by atoms with van der Waals surface area (Å²) in [6.45, 7) is 2.29. The lowest BCUT2D eigenvalue weighted by atomic mass is 10.4. The minimum Gasteiger partial charge on any atom is -0.465 e. The highest BCUT2D eigenvalue weighted by atomic mass is 16.5. The molecule has 8 heavy (non-hydrogen) atoms. The van der Waals surface area contributed by atoms with Crippen LogP contribution in [0.3, 0.4) is 0 Å². The van der Waals surface area contributed by atoms with Crippen LogP contribution in [0.25, 0.3) is 0 Å². The van der Waals surface area contributed by atoms with E-state index in [9.17, 15) is 4.79 Å². The normalized spacial score (nSPS) is 16.1. The van der Waals surface area contributed by atoms with Gasteiger partial charge >= 0.3 is 5.97 Å². The standard InChI is InChI=1S/C6H8O2/c1-2-8-6(7)5-3-4-5/h3-5H,2H2,1H3. The van der Waals surface area contributed by atoms with Crippen LogP contribution in [-0.2, 0) is 9.53 Å². The summed E-state index contributed by atoms with van der Waals surface area (Å²) in [5, 5.41) is 0. The lowest BCUT2D eigenvalue weighted by Gasteiger charge is -1.96. The predicted octanol–water partition coefficient (Wildman–Crippen LogP) is 0.736. The van der Waals surface area contributed by atoms with E-state index in [0.29, 0.717) is 6.61 Å². The van der Waals surface area contributed by atoms with Crippen molar-refractivity contribution >= 4 is 5.97 Å². The summed E-state index contributed by atoms with van der Waals surface area (Å²) in [6.07, 6.45) is 3.63. The Morgan fingerprint density at radius 2 is 2.38 bits per heavy atom. The van der Waals surface area contributed by atoms with Gasteiger partial charge in [-0.2, -0.15) is 0 Å². The van der Waals surface area contributed by atoms with Crippen LogP contribution in [0.5, 0.6) is 0 Å². The van der Waals surface area contributed by atoms with Gasteiger partial charge in [0.25, 0.3) is 0 Å². The molecule has 1 aliphatic rings. The molecule has 0 aromatic rings. The smallest absolute Gasteiger partial charge is 0.316 e. The van der Waals surface area contributed by atoms with E-state index < -0.39 is 0 Å². The Hall–Kier alpha value is -0.790. The lowest BCUT2D eigenvalue weighted by molar-refractivity contribution is -0.143. The maximum absolute atomic E-state index is 10.5. The van der Waals surface area contributed by atoms with Crippen molar-refractivity contribution < 1.29 is 9.53 Å². The number of hydrogen-bond donors (Lipinski definition) is 0. The second-order valence-electron chi connectivity index (χ2n) is 1.66. The molecule has 2 heteroatoms. The summed E-state index contributed by atoms with van der Waals surface area (Å²) >= 11 is 0. The van der Waals surface area contributed by atoms with E-state index in [1.165, 1.54) is 0 Å². The van der Waals surface area contributed by atoms with Crippen LogP contribution < -0.4 is 0 Å². The molecule has 0 amide bonds. The van der Waals surface area contributed by atoms with Crippen molar-refractivity contribution in [3.8, 4) is 0 Å². The van der Waals surface area contributed by atoms with Crippen LogP contribution >= 0.6 is 0 Å². The second kappa shape index (κ2) is 1.99. The zero-order chi connectivity index (χ0) is 5.98. The summed E-state index contributed by atoms with van der Waals surface area (Å²) in [4.78, 5) is 10.5. The maximum atomic E-state index is 10.5. The molecule has 44 valence electrons. The summed E-state index contributed by atoms with van der Waals surface area (Å²) in [7, 11) is 0. The van der Waals surface area contributed by atoms with E-state index in [0.717, 1.165) is 0 Å². The molecule has 2 nitrogen and oxygen atoms in total. The van der Waals surface area contributed by atoms with Gasteiger partial charge in [-0.3, -0.25) is 4.79 Å². The van der Waals surface area contributed by atoms with E-state index >= 15 is 0 Å². The van der Waals surface area contributed by atoms with Crippen molar-refractivity contribution in [2.75, 3.05) is 6.61 Å². The largest absolute Gasteiger partial charge is 0.465 e. The molecular weight excluding hydrogens is 104 g/mol. The Kier molecular flexibility index (Phi) is 1.33. The topological polar surface area (TPSA) is 26.3 Å². The van der Waals surface area contributed by atoms with Crippen molar-refractivity contribution in [2.45, 2.75) is 6.92 Å². The first kappa shape index (κ1) is 5.35. The minimum absolute atomic E-state index is 0.00921. The number of rotatable bonds is 2. The highest BCUT2D eigenvalue weighted by molar-refractivity contribution is 5.80. The van der Waals surface area contributed by atoms with Gasteiger partial charge in [0, 0.05) is 0 Å². The van der Waals surface area contributed by atoms with Gasteiger partial charge in [-0.15, -0.1) is 0 Å². The van der Waals surface area contributed by atoms with E-state index in [4.69, 9.17) is 0 Å². The first-order chi connectivity index (χ1) is 3.84. The third kappa shape index (κ3) is 1.09. The Labute approximate surface area is 48.1 Å². The predicted molar refractivity (Wildman–Crippen MR) is 29.3 cm³/mol. The fraction of sp³-hybridized carbons (Fsp3) is 0.500. The van der Waals surface area contributed by atoms with Crippen LogP contribution in [0.1, 0.15) is 6.92 Å². The van der Waals surface area contributed by atoms with Crippen LogP contribution in [0.4, 0.5) is 0 Å². The summed E-state index contributed by atoms with van der Waals surface area (Å²) in [5.41, 5.74) is 0. The number of esters is 1. The van der Waals surface area contributed by atoms with Crippen molar-refractivity contribution in [3.05, 3.63) is 12.2 Å². The molecule has 0 heterocycles. The fourth-order valence-corrected chi connectivity index (χ4v) is 0.451. The van der Waals surface area contributed by atoms with Crippen molar-refractivity contribution in [2.24, 2.45) is 5.92 Å². The minimum atomic E-state index is -0.118. The van der Waals surface area contributed by atoms with Gasteiger partial charge in [-0.25, -0.2) is 0 Å². The second-order valence-corrected chi connectivity index (χ2v) is 1.66. The fourth-order valence-electron chi connectivity index (χ4n) is 0.451. The Bertz CT molecular complexity index is 120. The molecule has 0 aliphatic heterocycles. The highest BCUT2D eigenvalue weighted by Gasteiger charge is 2.21. The summed E-state index contributed by atoms with van der Waals surface area (Å²) < 4.78 is 4.66. The molecule has 0 radical (unpaired) electrons. The van der Waals surface area contributed by atoms with Gasteiger partial charge < -0.3 is 4.74 Å². The Balaban J connectivity index is 2.14. The quantitative estimate of drug-likeness (QED) is 0.389. The van der Waals surface area contributed by atoms with Crippen LogP contribution in [0.2, 0.25) is 0 Å². The highest BCUT2D eigenvalue weighted by Crippen LogP contribution is 2.16. The third-order valence-electron chi connectivity index (χ3n) is 0.944.